The number of nitrogens with two attached hydrogens (primary N) is 1. The molecule has 1 aromatic carbocycles. The monoisotopic (exact) mass is 380 g/mol. The van der Waals surface area contributed by atoms with Crippen LogP contribution in [0, 0.1) is 23.6 Å². The first-order valence-electron chi connectivity index (χ1n) is 9.91. The van der Waals surface area contributed by atoms with Crippen molar-refractivity contribution in [2.24, 2.45) is 23.5 Å². The Bertz CT molecular complexity index is 615. The lowest BCUT2D eigenvalue weighted by Gasteiger charge is -2.44. The van der Waals surface area contributed by atoms with Gasteiger partial charge in [-0.25, -0.2) is 4.39 Å². The highest BCUT2D eigenvalue weighted by molar-refractivity contribution is 5.85. The summed E-state index contributed by atoms with van der Waals surface area (Å²) in [5.74, 6) is 1.07. The van der Waals surface area contributed by atoms with Crippen molar-refractivity contribution in [3.63, 3.8) is 0 Å². The summed E-state index contributed by atoms with van der Waals surface area (Å²) in [6.45, 7) is 0. The maximum Gasteiger partial charge on any atom is 0.223 e. The third-order valence-electron chi connectivity index (χ3n) is 7.00. The zero-order chi connectivity index (χ0) is 17.4. The molecular weight excluding hydrogens is 351 g/mol. The molecule has 0 aromatic heterocycles. The number of rotatable bonds is 3. The number of hydrogen-bond donors (Lipinski definition) is 2. The van der Waals surface area contributed by atoms with Gasteiger partial charge in [-0.3, -0.25) is 4.79 Å². The van der Waals surface area contributed by atoms with Crippen LogP contribution in [0.25, 0.3) is 0 Å². The molecule has 2 unspecified atom stereocenters. The third-order valence-corrected chi connectivity index (χ3v) is 7.00. The van der Waals surface area contributed by atoms with Gasteiger partial charge in [0.05, 0.1) is 5.54 Å². The van der Waals surface area contributed by atoms with Crippen molar-refractivity contribution in [1.82, 2.24) is 5.32 Å². The molecule has 1 amide bonds. The Kier molecular flexibility index (Phi) is 5.93. The first-order valence-corrected chi connectivity index (χ1v) is 9.91. The maximum absolute atomic E-state index is 13.3. The third kappa shape index (κ3) is 3.63. The van der Waals surface area contributed by atoms with Gasteiger partial charge < -0.3 is 11.1 Å². The molecule has 4 rings (SSSR count). The lowest BCUT2D eigenvalue weighted by molar-refractivity contribution is -0.130. The molecule has 2 bridgehead atoms. The van der Waals surface area contributed by atoms with Crippen molar-refractivity contribution in [2.75, 3.05) is 0 Å². The highest BCUT2D eigenvalue weighted by atomic mass is 35.5. The smallest absolute Gasteiger partial charge is 0.223 e. The minimum Gasteiger partial charge on any atom is -0.346 e. The van der Waals surface area contributed by atoms with Gasteiger partial charge in [0.1, 0.15) is 5.82 Å². The van der Waals surface area contributed by atoms with Crippen LogP contribution in [-0.4, -0.2) is 11.9 Å². The Morgan fingerprint density at radius 3 is 2.19 bits per heavy atom. The summed E-state index contributed by atoms with van der Waals surface area (Å²) in [6.07, 6.45) is 9.59. The maximum atomic E-state index is 13.3. The average Bonchev–Trinajstić information content (AvgIpc) is 3.04. The number of nitrogens with one attached hydrogen (secondary N) is 1. The molecule has 3 nitrogen and oxygen atoms in total. The van der Waals surface area contributed by atoms with Crippen LogP contribution >= 0.6 is 12.4 Å². The summed E-state index contributed by atoms with van der Waals surface area (Å²) in [4.78, 5) is 13.1. The van der Waals surface area contributed by atoms with E-state index in [1.807, 2.05) is 12.1 Å². The minimum absolute atomic E-state index is 0. The number of benzene rings is 1. The van der Waals surface area contributed by atoms with Crippen LogP contribution in [0.4, 0.5) is 4.39 Å². The van der Waals surface area contributed by atoms with Crippen LogP contribution < -0.4 is 11.1 Å². The second-order valence-electron chi connectivity index (χ2n) is 8.48. The van der Waals surface area contributed by atoms with E-state index in [9.17, 15) is 9.18 Å². The van der Waals surface area contributed by atoms with Crippen LogP contribution in [-0.2, 0) is 10.3 Å². The second-order valence-corrected chi connectivity index (χ2v) is 8.48. The molecule has 5 heteroatoms. The highest BCUT2D eigenvalue weighted by Gasteiger charge is 2.43. The van der Waals surface area contributed by atoms with Gasteiger partial charge in [-0.1, -0.05) is 31.4 Å². The highest BCUT2D eigenvalue weighted by Crippen LogP contribution is 2.43. The van der Waals surface area contributed by atoms with E-state index in [0.29, 0.717) is 11.8 Å². The van der Waals surface area contributed by atoms with Gasteiger partial charge in [-0.05, 0) is 68.1 Å². The Morgan fingerprint density at radius 1 is 1.04 bits per heavy atom. The quantitative estimate of drug-likeness (QED) is 0.821. The summed E-state index contributed by atoms with van der Waals surface area (Å²) in [7, 11) is 0. The number of hydrogen-bond acceptors (Lipinski definition) is 2. The van der Waals surface area contributed by atoms with E-state index in [-0.39, 0.29) is 41.6 Å². The van der Waals surface area contributed by atoms with E-state index in [1.54, 1.807) is 0 Å². The lowest BCUT2D eigenvalue weighted by Crippen LogP contribution is -2.52. The number of carbonyl (C=O) groups is 1. The van der Waals surface area contributed by atoms with Crippen molar-refractivity contribution < 1.29 is 9.18 Å². The number of halogens is 2. The van der Waals surface area contributed by atoms with E-state index >= 15 is 0 Å². The first-order chi connectivity index (χ1) is 12.1. The van der Waals surface area contributed by atoms with Crippen LogP contribution in [0.5, 0.6) is 0 Å². The molecule has 3 N–H and O–H groups in total. The van der Waals surface area contributed by atoms with E-state index in [4.69, 9.17) is 5.73 Å². The fourth-order valence-corrected chi connectivity index (χ4v) is 5.57. The van der Waals surface area contributed by atoms with Gasteiger partial charge in [0.2, 0.25) is 5.91 Å². The van der Waals surface area contributed by atoms with E-state index in [0.717, 1.165) is 44.1 Å². The van der Waals surface area contributed by atoms with Crippen molar-refractivity contribution in [2.45, 2.75) is 69.4 Å². The molecule has 3 aliphatic carbocycles. The molecule has 0 radical (unpaired) electrons. The fourth-order valence-electron chi connectivity index (χ4n) is 5.57. The van der Waals surface area contributed by atoms with Gasteiger partial charge >= 0.3 is 0 Å². The summed E-state index contributed by atoms with van der Waals surface area (Å²) in [5, 5.41) is 3.40. The molecule has 1 aromatic rings. The van der Waals surface area contributed by atoms with Gasteiger partial charge in [-0.2, -0.15) is 0 Å². The van der Waals surface area contributed by atoms with Crippen LogP contribution in [0.1, 0.15) is 63.4 Å². The fraction of sp³-hybridized carbons (Fsp3) is 0.667. The normalized spacial score (nSPS) is 32.5. The summed E-state index contributed by atoms with van der Waals surface area (Å²) in [6, 6.07) is 6.98. The predicted octanol–water partition coefficient (Wildman–Crippen LogP) is 4.29. The topological polar surface area (TPSA) is 55.1 Å². The minimum atomic E-state index is -0.306. The van der Waals surface area contributed by atoms with E-state index in [2.05, 4.69) is 5.32 Å². The number of fused-ring (bicyclic) bond motifs is 2. The SMILES string of the molecule is Cl.NC1C2CCCC1CC(C(=O)NC1(c3ccc(F)cc3)CCCC1)C2. The van der Waals surface area contributed by atoms with Crippen molar-refractivity contribution in [1.29, 1.82) is 0 Å². The Balaban J connectivity index is 0.00000196. The average molecular weight is 381 g/mol. The molecule has 0 spiro atoms. The van der Waals surface area contributed by atoms with Gasteiger partial charge in [0.15, 0.2) is 0 Å². The number of carbonyl (C=O) groups excluding carboxylic acids is 1. The number of amides is 1. The Hall–Kier alpha value is -1.13. The van der Waals surface area contributed by atoms with E-state index in [1.165, 1.54) is 31.4 Å². The summed E-state index contributed by atoms with van der Waals surface area (Å²) >= 11 is 0. The van der Waals surface area contributed by atoms with Crippen molar-refractivity contribution in [3.05, 3.63) is 35.6 Å². The van der Waals surface area contributed by atoms with Crippen LogP contribution in [0.15, 0.2) is 24.3 Å². The van der Waals surface area contributed by atoms with Crippen LogP contribution in [0.2, 0.25) is 0 Å². The van der Waals surface area contributed by atoms with Crippen molar-refractivity contribution >= 4 is 18.3 Å². The lowest BCUT2D eigenvalue weighted by atomic mass is 9.65. The van der Waals surface area contributed by atoms with Gasteiger partial charge in [-0.15, -0.1) is 12.4 Å². The Morgan fingerprint density at radius 2 is 1.62 bits per heavy atom. The zero-order valence-electron chi connectivity index (χ0n) is 15.3. The standard InChI is InChI=1S/C21H29FN2O.ClH/c22-18-8-6-17(7-9-18)21(10-1-2-11-21)24-20(25)16-12-14-4-3-5-15(13-16)19(14)23;/h6-9,14-16,19H,1-5,10-13,23H2,(H,24,25);1H. The first kappa shape index (κ1) is 19.6. The molecule has 26 heavy (non-hydrogen) atoms. The predicted molar refractivity (Wildman–Crippen MR) is 103 cm³/mol. The van der Waals surface area contributed by atoms with Crippen LogP contribution in [0.3, 0.4) is 0 Å². The second kappa shape index (κ2) is 7.85. The van der Waals surface area contributed by atoms with Crippen molar-refractivity contribution in [3.8, 4) is 0 Å². The zero-order valence-corrected chi connectivity index (χ0v) is 16.1. The van der Waals surface area contributed by atoms with Gasteiger partial charge in [0.25, 0.3) is 0 Å². The molecule has 144 valence electrons. The molecule has 3 aliphatic rings. The largest absolute Gasteiger partial charge is 0.346 e. The molecule has 2 atom stereocenters. The van der Waals surface area contributed by atoms with Gasteiger partial charge in [0, 0.05) is 12.0 Å². The molecule has 0 saturated heterocycles. The summed E-state index contributed by atoms with van der Waals surface area (Å²) < 4.78 is 13.3. The molecular formula is C21H30ClFN2O. The molecule has 0 aliphatic heterocycles. The van der Waals surface area contributed by atoms with E-state index < -0.39 is 0 Å². The molecule has 3 fully saturated rings. The Labute approximate surface area is 161 Å². The summed E-state index contributed by atoms with van der Waals surface area (Å²) in [5.41, 5.74) is 7.12. The molecule has 3 saturated carbocycles. The molecule has 0 heterocycles.